The van der Waals surface area contributed by atoms with Crippen LogP contribution in [0.25, 0.3) is 16.9 Å². The first-order chi connectivity index (χ1) is 10.9. The Balaban J connectivity index is 0.00000169. The highest BCUT2D eigenvalue weighted by molar-refractivity contribution is 7.91. The standard InChI is InChI=1S/C17H19N3O2S.ClH/c1-12-9-15(16-10-19-7-4-3-5-17(19)18-16)13(2)20(12)14-6-8-23(21,22)11-14;/h3-5,7,9-10,14H,6,8,11H2,1-2H3;1H. The second-order valence-electron chi connectivity index (χ2n) is 6.30. The van der Waals surface area contributed by atoms with Gasteiger partial charge in [-0.25, -0.2) is 13.4 Å². The van der Waals surface area contributed by atoms with Gasteiger partial charge in [0.2, 0.25) is 0 Å². The van der Waals surface area contributed by atoms with Crippen LogP contribution in [0.3, 0.4) is 0 Å². The van der Waals surface area contributed by atoms with Crippen molar-refractivity contribution in [3.63, 3.8) is 0 Å². The summed E-state index contributed by atoms with van der Waals surface area (Å²) in [5.74, 6) is 0.534. The van der Waals surface area contributed by atoms with Crippen molar-refractivity contribution in [2.24, 2.45) is 0 Å². The first kappa shape index (κ1) is 17.0. The summed E-state index contributed by atoms with van der Waals surface area (Å²) in [5, 5.41) is 0. The molecular formula is C17H20ClN3O2S. The number of pyridine rings is 1. The fraction of sp³-hybridized carbons (Fsp3) is 0.353. The normalized spacial score (nSPS) is 19.5. The molecule has 3 aromatic heterocycles. The molecule has 7 heteroatoms. The maximum Gasteiger partial charge on any atom is 0.152 e. The van der Waals surface area contributed by atoms with Crippen molar-refractivity contribution >= 4 is 27.9 Å². The Morgan fingerprint density at radius 1 is 1.25 bits per heavy atom. The maximum atomic E-state index is 11.8. The summed E-state index contributed by atoms with van der Waals surface area (Å²) in [6.07, 6.45) is 4.70. The van der Waals surface area contributed by atoms with E-state index in [4.69, 9.17) is 0 Å². The smallest absolute Gasteiger partial charge is 0.152 e. The van der Waals surface area contributed by atoms with E-state index < -0.39 is 9.84 Å². The Kier molecular flexibility index (Phi) is 4.21. The lowest BCUT2D eigenvalue weighted by Gasteiger charge is -2.16. The minimum absolute atomic E-state index is 0. The number of nitrogens with zero attached hydrogens (tertiary/aromatic N) is 3. The third-order valence-electron chi connectivity index (χ3n) is 4.70. The zero-order valence-corrected chi connectivity index (χ0v) is 15.3. The second kappa shape index (κ2) is 5.93. The molecule has 0 saturated carbocycles. The second-order valence-corrected chi connectivity index (χ2v) is 8.53. The maximum absolute atomic E-state index is 11.8. The molecule has 0 aliphatic carbocycles. The lowest BCUT2D eigenvalue weighted by atomic mass is 10.2. The van der Waals surface area contributed by atoms with Crippen LogP contribution in [0.5, 0.6) is 0 Å². The van der Waals surface area contributed by atoms with Crippen molar-refractivity contribution in [2.45, 2.75) is 26.3 Å². The van der Waals surface area contributed by atoms with Gasteiger partial charge in [-0.1, -0.05) is 6.07 Å². The molecule has 4 rings (SSSR count). The molecule has 0 spiro atoms. The van der Waals surface area contributed by atoms with Gasteiger partial charge in [0.05, 0.1) is 17.2 Å². The summed E-state index contributed by atoms with van der Waals surface area (Å²) in [7, 11) is -2.89. The van der Waals surface area contributed by atoms with Crippen molar-refractivity contribution in [3.8, 4) is 11.3 Å². The third kappa shape index (κ3) is 2.74. The minimum atomic E-state index is -2.89. The van der Waals surface area contributed by atoms with Gasteiger partial charge >= 0.3 is 0 Å². The highest BCUT2D eigenvalue weighted by atomic mass is 35.5. The Bertz CT molecular complexity index is 971. The van der Waals surface area contributed by atoms with Gasteiger partial charge < -0.3 is 8.97 Å². The van der Waals surface area contributed by atoms with Crippen molar-refractivity contribution in [1.29, 1.82) is 0 Å². The van der Waals surface area contributed by atoms with Gasteiger partial charge in [-0.2, -0.15) is 0 Å². The highest BCUT2D eigenvalue weighted by Crippen LogP contribution is 2.33. The van der Waals surface area contributed by atoms with E-state index in [2.05, 4.69) is 22.5 Å². The number of imidazole rings is 1. The van der Waals surface area contributed by atoms with Gasteiger partial charge in [-0.3, -0.25) is 0 Å². The van der Waals surface area contributed by atoms with E-state index in [1.54, 1.807) is 0 Å². The van der Waals surface area contributed by atoms with Crippen molar-refractivity contribution in [3.05, 3.63) is 48.0 Å². The van der Waals surface area contributed by atoms with Crippen LogP contribution in [0.4, 0.5) is 0 Å². The van der Waals surface area contributed by atoms with Crippen molar-refractivity contribution in [1.82, 2.24) is 14.0 Å². The number of hydrogen-bond acceptors (Lipinski definition) is 3. The van der Waals surface area contributed by atoms with Gasteiger partial charge in [0.25, 0.3) is 0 Å². The Labute approximate surface area is 147 Å². The van der Waals surface area contributed by atoms with E-state index in [1.807, 2.05) is 41.9 Å². The van der Waals surface area contributed by atoms with Gasteiger partial charge in [-0.05, 0) is 38.5 Å². The molecule has 1 aliphatic rings. The van der Waals surface area contributed by atoms with Crippen LogP contribution >= 0.6 is 12.4 Å². The molecule has 0 amide bonds. The molecule has 1 atom stereocenters. The molecule has 24 heavy (non-hydrogen) atoms. The SMILES string of the molecule is Cc1cc(-c2cn3ccccc3n2)c(C)n1C1CCS(=O)(=O)C1.Cl. The molecule has 0 N–H and O–H groups in total. The van der Waals surface area contributed by atoms with Crippen LogP contribution in [0.2, 0.25) is 0 Å². The Hall–Kier alpha value is -1.79. The summed E-state index contributed by atoms with van der Waals surface area (Å²) in [5.41, 5.74) is 5.10. The predicted molar refractivity (Wildman–Crippen MR) is 97.6 cm³/mol. The number of rotatable bonds is 2. The van der Waals surface area contributed by atoms with E-state index >= 15 is 0 Å². The molecule has 0 radical (unpaired) electrons. The average molecular weight is 366 g/mol. The van der Waals surface area contributed by atoms with Crippen LogP contribution in [-0.4, -0.2) is 33.9 Å². The van der Waals surface area contributed by atoms with Crippen LogP contribution in [-0.2, 0) is 9.84 Å². The van der Waals surface area contributed by atoms with Gasteiger partial charge in [0, 0.05) is 35.4 Å². The lowest BCUT2D eigenvalue weighted by Crippen LogP contribution is -2.13. The monoisotopic (exact) mass is 365 g/mol. The van der Waals surface area contributed by atoms with E-state index in [9.17, 15) is 8.42 Å². The number of aryl methyl sites for hydroxylation is 1. The first-order valence-corrected chi connectivity index (χ1v) is 9.60. The molecule has 3 aromatic rings. The topological polar surface area (TPSA) is 56.4 Å². The number of sulfone groups is 1. The molecule has 1 fully saturated rings. The predicted octanol–water partition coefficient (Wildman–Crippen LogP) is 3.20. The fourth-order valence-electron chi connectivity index (χ4n) is 3.64. The van der Waals surface area contributed by atoms with Crippen molar-refractivity contribution in [2.75, 3.05) is 11.5 Å². The summed E-state index contributed by atoms with van der Waals surface area (Å²) in [6, 6.07) is 8.09. The highest BCUT2D eigenvalue weighted by Gasteiger charge is 2.31. The lowest BCUT2D eigenvalue weighted by molar-refractivity contribution is 0.536. The van der Waals surface area contributed by atoms with E-state index in [0.29, 0.717) is 12.2 Å². The number of hydrogen-bond donors (Lipinski definition) is 0. The van der Waals surface area contributed by atoms with E-state index in [0.717, 1.165) is 28.3 Å². The zero-order chi connectivity index (χ0) is 16.2. The molecule has 0 aromatic carbocycles. The Morgan fingerprint density at radius 3 is 2.71 bits per heavy atom. The van der Waals surface area contributed by atoms with Crippen LogP contribution in [0.15, 0.2) is 36.7 Å². The number of aromatic nitrogens is 3. The van der Waals surface area contributed by atoms with Gasteiger partial charge in [-0.15, -0.1) is 12.4 Å². The van der Waals surface area contributed by atoms with E-state index in [1.165, 1.54) is 0 Å². The van der Waals surface area contributed by atoms with Crippen molar-refractivity contribution < 1.29 is 8.42 Å². The first-order valence-electron chi connectivity index (χ1n) is 7.77. The fourth-order valence-corrected chi connectivity index (χ4v) is 5.34. The zero-order valence-electron chi connectivity index (χ0n) is 13.6. The van der Waals surface area contributed by atoms with Crippen LogP contribution in [0.1, 0.15) is 23.9 Å². The summed E-state index contributed by atoms with van der Waals surface area (Å²) in [4.78, 5) is 4.68. The van der Waals surface area contributed by atoms with Crippen LogP contribution in [0, 0.1) is 13.8 Å². The number of halogens is 1. The quantitative estimate of drug-likeness (QED) is 0.700. The number of fused-ring (bicyclic) bond motifs is 1. The third-order valence-corrected chi connectivity index (χ3v) is 6.45. The molecule has 5 nitrogen and oxygen atoms in total. The molecule has 1 unspecified atom stereocenters. The molecule has 1 saturated heterocycles. The minimum Gasteiger partial charge on any atom is -0.344 e. The average Bonchev–Trinajstić information content (AvgIpc) is 3.14. The van der Waals surface area contributed by atoms with Crippen LogP contribution < -0.4 is 0 Å². The van der Waals surface area contributed by atoms with E-state index in [-0.39, 0.29) is 24.2 Å². The molecule has 4 heterocycles. The summed E-state index contributed by atoms with van der Waals surface area (Å²) >= 11 is 0. The molecule has 1 aliphatic heterocycles. The molecular weight excluding hydrogens is 346 g/mol. The largest absolute Gasteiger partial charge is 0.344 e. The molecule has 0 bridgehead atoms. The molecule has 128 valence electrons. The summed E-state index contributed by atoms with van der Waals surface area (Å²) in [6.45, 7) is 4.09. The van der Waals surface area contributed by atoms with Gasteiger partial charge in [0.1, 0.15) is 5.65 Å². The Morgan fingerprint density at radius 2 is 2.04 bits per heavy atom. The van der Waals surface area contributed by atoms with Gasteiger partial charge in [0.15, 0.2) is 9.84 Å². The summed E-state index contributed by atoms with van der Waals surface area (Å²) < 4.78 is 27.8.